The zero-order valence-corrected chi connectivity index (χ0v) is 14.0. The van der Waals surface area contributed by atoms with Gasteiger partial charge in [0.1, 0.15) is 5.65 Å². The fourth-order valence-electron chi connectivity index (χ4n) is 3.25. The summed E-state index contributed by atoms with van der Waals surface area (Å²) in [5.74, 6) is 6.56. The van der Waals surface area contributed by atoms with Crippen molar-refractivity contribution in [2.75, 3.05) is 0 Å². The van der Waals surface area contributed by atoms with Crippen LogP contribution < -0.4 is 0 Å². The van der Waals surface area contributed by atoms with Crippen molar-refractivity contribution in [2.45, 2.75) is 19.3 Å². The molecule has 0 fully saturated rings. The summed E-state index contributed by atoms with van der Waals surface area (Å²) in [4.78, 5) is 7.66. The Morgan fingerprint density at radius 1 is 1.32 bits per heavy atom. The molecular weight excluding hydrogens is 310 g/mol. The molecule has 1 unspecified atom stereocenters. The van der Waals surface area contributed by atoms with Crippen molar-refractivity contribution in [1.82, 2.24) is 19.7 Å². The van der Waals surface area contributed by atoms with Crippen LogP contribution in [0.4, 0.5) is 0 Å². The molecule has 0 amide bonds. The molecule has 1 atom stereocenters. The van der Waals surface area contributed by atoms with Crippen molar-refractivity contribution in [3.63, 3.8) is 0 Å². The zero-order valence-electron chi connectivity index (χ0n) is 14.0. The zero-order chi connectivity index (χ0) is 17.2. The van der Waals surface area contributed by atoms with E-state index < -0.39 is 0 Å². The van der Waals surface area contributed by atoms with E-state index >= 15 is 0 Å². The number of aromatic nitrogens is 4. The maximum Gasteiger partial charge on any atom is 0.137 e. The second kappa shape index (κ2) is 6.30. The number of H-pyrrole nitrogens is 1. The van der Waals surface area contributed by atoms with Gasteiger partial charge in [-0.15, -0.1) is 0 Å². The molecule has 3 aromatic heterocycles. The standard InChI is InChI=1S/C20H17N5/c1-25-13-15(11-24-25)4-7-17-12-23-20-18(8-9-22-20)19(17)16-5-2-14(10-21)3-6-16/h5,8-9,11-14H,2-3,6H2,1H3,(H,22,23). The molecule has 0 saturated carbocycles. The number of aryl methyl sites for hydroxylation is 1. The van der Waals surface area contributed by atoms with E-state index in [2.05, 4.69) is 39.1 Å². The van der Waals surface area contributed by atoms with Crippen LogP contribution in [0, 0.1) is 29.1 Å². The highest BCUT2D eigenvalue weighted by atomic mass is 15.2. The van der Waals surface area contributed by atoms with Crippen LogP contribution in [0.15, 0.2) is 36.9 Å². The fraction of sp³-hybridized carbons (Fsp3) is 0.250. The van der Waals surface area contributed by atoms with Crippen molar-refractivity contribution < 1.29 is 0 Å². The lowest BCUT2D eigenvalue weighted by molar-refractivity contribution is 0.604. The van der Waals surface area contributed by atoms with Gasteiger partial charge in [0.05, 0.1) is 29.3 Å². The van der Waals surface area contributed by atoms with E-state index in [1.54, 1.807) is 10.9 Å². The first-order valence-electron chi connectivity index (χ1n) is 8.30. The first kappa shape index (κ1) is 15.2. The highest BCUT2D eigenvalue weighted by Gasteiger charge is 2.19. The summed E-state index contributed by atoms with van der Waals surface area (Å²) < 4.78 is 1.74. The number of hydrogen-bond donors (Lipinski definition) is 1. The second-order valence-corrected chi connectivity index (χ2v) is 6.27. The van der Waals surface area contributed by atoms with Gasteiger partial charge in [-0.25, -0.2) is 4.98 Å². The number of nitrogens with zero attached hydrogens (tertiary/aromatic N) is 4. The molecule has 122 valence electrons. The molecule has 3 heterocycles. The van der Waals surface area contributed by atoms with Gasteiger partial charge in [0.15, 0.2) is 0 Å². The number of rotatable bonds is 1. The second-order valence-electron chi connectivity index (χ2n) is 6.27. The molecule has 5 nitrogen and oxygen atoms in total. The number of fused-ring (bicyclic) bond motifs is 1. The molecule has 0 aliphatic heterocycles. The minimum atomic E-state index is 0.122. The molecular formula is C20H17N5. The normalized spacial score (nSPS) is 16.8. The van der Waals surface area contributed by atoms with Crippen molar-refractivity contribution >= 4 is 16.6 Å². The van der Waals surface area contributed by atoms with Gasteiger partial charge in [-0.1, -0.05) is 17.9 Å². The molecule has 0 bridgehead atoms. The molecule has 1 aliphatic carbocycles. The summed E-state index contributed by atoms with van der Waals surface area (Å²) in [5, 5.41) is 14.4. The molecule has 0 spiro atoms. The molecule has 1 aliphatic rings. The van der Waals surface area contributed by atoms with Crippen LogP contribution in [0.5, 0.6) is 0 Å². The predicted molar refractivity (Wildman–Crippen MR) is 96.2 cm³/mol. The Morgan fingerprint density at radius 3 is 2.96 bits per heavy atom. The van der Waals surface area contributed by atoms with E-state index in [-0.39, 0.29) is 5.92 Å². The van der Waals surface area contributed by atoms with Crippen LogP contribution in [0.1, 0.15) is 36.0 Å². The van der Waals surface area contributed by atoms with Crippen LogP contribution in [-0.2, 0) is 7.05 Å². The first-order valence-corrected chi connectivity index (χ1v) is 8.30. The lowest BCUT2D eigenvalue weighted by atomic mass is 9.85. The molecule has 0 radical (unpaired) electrons. The summed E-state index contributed by atoms with van der Waals surface area (Å²) in [6.45, 7) is 0. The van der Waals surface area contributed by atoms with Crippen LogP contribution in [0.25, 0.3) is 16.6 Å². The highest BCUT2D eigenvalue weighted by molar-refractivity contribution is 5.93. The Hall–Kier alpha value is -3.31. The van der Waals surface area contributed by atoms with Gasteiger partial charge in [0.25, 0.3) is 0 Å². The van der Waals surface area contributed by atoms with Gasteiger partial charge in [-0.2, -0.15) is 10.4 Å². The van der Waals surface area contributed by atoms with Crippen LogP contribution >= 0.6 is 0 Å². The van der Waals surface area contributed by atoms with Crippen molar-refractivity contribution in [3.05, 3.63) is 53.6 Å². The Balaban J connectivity index is 1.81. The topological polar surface area (TPSA) is 70.3 Å². The summed E-state index contributed by atoms with van der Waals surface area (Å²) in [6, 6.07) is 4.42. The number of aromatic amines is 1. The summed E-state index contributed by atoms with van der Waals surface area (Å²) >= 11 is 0. The quantitative estimate of drug-likeness (QED) is 0.696. The third kappa shape index (κ3) is 2.93. The Labute approximate surface area is 146 Å². The molecule has 5 heteroatoms. The number of nitriles is 1. The van der Waals surface area contributed by atoms with Crippen molar-refractivity contribution in [3.8, 4) is 17.9 Å². The first-order chi connectivity index (χ1) is 12.2. The minimum Gasteiger partial charge on any atom is -0.346 e. The van der Waals surface area contributed by atoms with Crippen molar-refractivity contribution in [1.29, 1.82) is 5.26 Å². The van der Waals surface area contributed by atoms with Crippen LogP contribution in [0.3, 0.4) is 0 Å². The summed E-state index contributed by atoms with van der Waals surface area (Å²) in [5.41, 5.74) is 5.06. The van der Waals surface area contributed by atoms with Gasteiger partial charge in [-0.3, -0.25) is 4.68 Å². The number of pyridine rings is 1. The predicted octanol–water partition coefficient (Wildman–Crippen LogP) is 3.40. The van der Waals surface area contributed by atoms with Gasteiger partial charge >= 0.3 is 0 Å². The number of hydrogen-bond acceptors (Lipinski definition) is 3. The highest BCUT2D eigenvalue weighted by Crippen LogP contribution is 2.35. The van der Waals surface area contributed by atoms with Crippen LogP contribution in [-0.4, -0.2) is 19.7 Å². The van der Waals surface area contributed by atoms with Gasteiger partial charge in [0, 0.05) is 36.6 Å². The summed E-state index contributed by atoms with van der Waals surface area (Å²) in [7, 11) is 1.88. The third-order valence-corrected chi connectivity index (χ3v) is 4.55. The average molecular weight is 327 g/mol. The number of allylic oxidation sites excluding steroid dienone is 2. The molecule has 25 heavy (non-hydrogen) atoms. The van der Waals surface area contributed by atoms with Crippen LogP contribution in [0.2, 0.25) is 0 Å². The average Bonchev–Trinajstić information content (AvgIpc) is 3.28. The molecule has 0 saturated heterocycles. The summed E-state index contributed by atoms with van der Waals surface area (Å²) in [6.07, 6.45) is 12.2. The van der Waals surface area contributed by atoms with Crippen molar-refractivity contribution in [2.24, 2.45) is 13.0 Å². The minimum absolute atomic E-state index is 0.122. The SMILES string of the molecule is Cn1cc(C#Cc2cnc3[nH]ccc3c2C2=CCC(C#N)CC2)cn1. The Kier molecular flexibility index (Phi) is 3.84. The number of nitrogens with one attached hydrogen (secondary N) is 1. The fourth-order valence-corrected chi connectivity index (χ4v) is 3.25. The maximum absolute atomic E-state index is 9.13. The van der Waals surface area contributed by atoms with E-state index in [1.165, 1.54) is 5.57 Å². The van der Waals surface area contributed by atoms with E-state index in [0.717, 1.165) is 47.0 Å². The van der Waals surface area contributed by atoms with Gasteiger partial charge < -0.3 is 4.98 Å². The Morgan fingerprint density at radius 2 is 2.24 bits per heavy atom. The lowest BCUT2D eigenvalue weighted by Gasteiger charge is -2.18. The Bertz CT molecular complexity index is 1060. The van der Waals surface area contributed by atoms with E-state index in [1.807, 2.05) is 31.7 Å². The van der Waals surface area contributed by atoms with Gasteiger partial charge in [0.2, 0.25) is 0 Å². The molecule has 1 N–H and O–H groups in total. The largest absolute Gasteiger partial charge is 0.346 e. The maximum atomic E-state index is 9.13. The molecule has 4 rings (SSSR count). The molecule has 0 aromatic carbocycles. The van der Waals surface area contributed by atoms with Gasteiger partial charge in [-0.05, 0) is 30.9 Å². The third-order valence-electron chi connectivity index (χ3n) is 4.55. The smallest absolute Gasteiger partial charge is 0.137 e. The lowest BCUT2D eigenvalue weighted by Crippen LogP contribution is -2.04. The van der Waals surface area contributed by atoms with E-state index in [0.29, 0.717) is 0 Å². The molecule has 3 aromatic rings. The monoisotopic (exact) mass is 327 g/mol. The van der Waals surface area contributed by atoms with E-state index in [4.69, 9.17) is 5.26 Å². The van der Waals surface area contributed by atoms with E-state index in [9.17, 15) is 0 Å².